The number of hydrogen-bond donors (Lipinski definition) is 3. The highest BCUT2D eigenvalue weighted by Crippen LogP contribution is 2.02. The van der Waals surface area contributed by atoms with E-state index in [4.69, 9.17) is 0 Å². The van der Waals surface area contributed by atoms with Crippen molar-refractivity contribution in [3.63, 3.8) is 0 Å². The largest absolute Gasteiger partial charge is 0.389 e. The Morgan fingerprint density at radius 2 is 1.94 bits per heavy atom. The van der Waals surface area contributed by atoms with E-state index >= 15 is 0 Å². The molecule has 0 bridgehead atoms. The molecule has 3 N–H and O–H groups in total. The van der Waals surface area contributed by atoms with Crippen molar-refractivity contribution in [2.24, 2.45) is 0 Å². The van der Waals surface area contributed by atoms with Crippen LogP contribution in [0.15, 0.2) is 0 Å². The average Bonchev–Trinajstić information content (AvgIpc) is 2.10. The number of rotatable bonds is 6. The van der Waals surface area contributed by atoms with Crippen molar-refractivity contribution < 1.29 is 14.7 Å². The van der Waals surface area contributed by atoms with E-state index in [1.165, 1.54) is 0 Å². The molecule has 6 heteroatoms. The van der Waals surface area contributed by atoms with Crippen LogP contribution in [-0.4, -0.2) is 54.2 Å². The standard InChI is InChI=1S/C11H23N3O3/c1-5-6-12-10(16)13-9(15)7-14(4)8-11(2,3)17/h17H,5-8H2,1-4H3,(H2,12,13,15,16). The molecule has 0 aliphatic carbocycles. The van der Waals surface area contributed by atoms with E-state index in [-0.39, 0.29) is 12.5 Å². The van der Waals surface area contributed by atoms with Gasteiger partial charge in [0, 0.05) is 13.1 Å². The Hall–Kier alpha value is -1.14. The molecule has 0 rings (SSSR count). The Morgan fingerprint density at radius 3 is 2.41 bits per heavy atom. The van der Waals surface area contributed by atoms with E-state index in [1.54, 1.807) is 25.8 Å². The molecule has 0 unspecified atom stereocenters. The summed E-state index contributed by atoms with van der Waals surface area (Å²) in [5.74, 6) is -0.384. The Bertz CT molecular complexity index is 261. The molecule has 0 heterocycles. The minimum absolute atomic E-state index is 0.0730. The summed E-state index contributed by atoms with van der Waals surface area (Å²) in [6.07, 6.45) is 0.820. The van der Waals surface area contributed by atoms with Crippen LogP contribution >= 0.6 is 0 Å². The predicted octanol–water partition coefficient (Wildman–Crippen LogP) is -0.0751. The molecular formula is C11H23N3O3. The Kier molecular flexibility index (Phi) is 6.75. The van der Waals surface area contributed by atoms with Gasteiger partial charge in [-0.05, 0) is 27.3 Å². The second-order valence-corrected chi connectivity index (χ2v) is 4.79. The topological polar surface area (TPSA) is 81.7 Å². The molecule has 0 radical (unpaired) electrons. The molecule has 0 saturated heterocycles. The lowest BCUT2D eigenvalue weighted by Crippen LogP contribution is -2.46. The number of carbonyl (C=O) groups is 2. The van der Waals surface area contributed by atoms with Crippen molar-refractivity contribution in [2.45, 2.75) is 32.8 Å². The average molecular weight is 245 g/mol. The molecule has 0 spiro atoms. The Labute approximate surface area is 102 Å². The Balaban J connectivity index is 3.89. The van der Waals surface area contributed by atoms with E-state index in [9.17, 15) is 14.7 Å². The normalized spacial score (nSPS) is 11.4. The summed E-state index contributed by atoms with van der Waals surface area (Å²) in [5, 5.41) is 14.3. The van der Waals surface area contributed by atoms with Gasteiger partial charge in [-0.1, -0.05) is 6.92 Å². The van der Waals surface area contributed by atoms with Gasteiger partial charge in [-0.2, -0.15) is 0 Å². The minimum atomic E-state index is -0.862. The molecule has 0 aromatic rings. The summed E-state index contributed by atoms with van der Waals surface area (Å²) in [4.78, 5) is 24.2. The van der Waals surface area contributed by atoms with E-state index in [1.807, 2.05) is 6.92 Å². The highest BCUT2D eigenvalue weighted by Gasteiger charge is 2.17. The van der Waals surface area contributed by atoms with E-state index in [0.29, 0.717) is 13.1 Å². The number of hydrogen-bond acceptors (Lipinski definition) is 4. The zero-order valence-electron chi connectivity index (χ0n) is 11.0. The summed E-state index contributed by atoms with van der Waals surface area (Å²) in [7, 11) is 1.71. The fourth-order valence-corrected chi connectivity index (χ4v) is 1.41. The lowest BCUT2D eigenvalue weighted by molar-refractivity contribution is -0.121. The quantitative estimate of drug-likeness (QED) is 0.611. The van der Waals surface area contributed by atoms with Gasteiger partial charge in [0.15, 0.2) is 0 Å². The number of nitrogens with one attached hydrogen (secondary N) is 2. The first-order valence-corrected chi connectivity index (χ1v) is 5.73. The molecule has 0 fully saturated rings. The first-order chi connectivity index (χ1) is 7.74. The Morgan fingerprint density at radius 1 is 1.35 bits per heavy atom. The molecule has 6 nitrogen and oxygen atoms in total. The van der Waals surface area contributed by atoms with Crippen LogP contribution in [0.2, 0.25) is 0 Å². The second kappa shape index (κ2) is 7.24. The number of urea groups is 1. The van der Waals surface area contributed by atoms with Crippen LogP contribution < -0.4 is 10.6 Å². The molecule has 0 aromatic carbocycles. The van der Waals surface area contributed by atoms with Gasteiger partial charge in [0.05, 0.1) is 12.1 Å². The lowest BCUT2D eigenvalue weighted by atomic mass is 10.1. The zero-order valence-corrected chi connectivity index (χ0v) is 11.0. The van der Waals surface area contributed by atoms with Crippen LogP contribution in [0, 0.1) is 0 Å². The highest BCUT2D eigenvalue weighted by molar-refractivity contribution is 5.95. The van der Waals surface area contributed by atoms with E-state index < -0.39 is 11.6 Å². The van der Waals surface area contributed by atoms with Crippen LogP contribution in [-0.2, 0) is 4.79 Å². The summed E-state index contributed by atoms with van der Waals surface area (Å²) in [5.41, 5.74) is -0.862. The molecule has 17 heavy (non-hydrogen) atoms. The van der Waals surface area contributed by atoms with Crippen molar-refractivity contribution in [3.8, 4) is 0 Å². The van der Waals surface area contributed by atoms with Gasteiger partial charge in [-0.25, -0.2) is 4.79 Å². The predicted molar refractivity (Wildman–Crippen MR) is 65.6 cm³/mol. The lowest BCUT2D eigenvalue weighted by Gasteiger charge is -2.24. The third-order valence-electron chi connectivity index (χ3n) is 1.86. The number of amides is 3. The van der Waals surface area contributed by atoms with Crippen LogP contribution in [0.3, 0.4) is 0 Å². The van der Waals surface area contributed by atoms with Gasteiger partial charge in [0.25, 0.3) is 0 Å². The van der Waals surface area contributed by atoms with Gasteiger partial charge < -0.3 is 10.4 Å². The zero-order chi connectivity index (χ0) is 13.5. The number of aliphatic hydroxyl groups is 1. The third-order valence-corrected chi connectivity index (χ3v) is 1.86. The van der Waals surface area contributed by atoms with Crippen molar-refractivity contribution in [1.82, 2.24) is 15.5 Å². The van der Waals surface area contributed by atoms with Crippen LogP contribution in [0.5, 0.6) is 0 Å². The third kappa shape index (κ3) is 9.77. The summed E-state index contributed by atoms with van der Waals surface area (Å²) >= 11 is 0. The van der Waals surface area contributed by atoms with Crippen molar-refractivity contribution in [2.75, 3.05) is 26.7 Å². The number of imide groups is 1. The number of carbonyl (C=O) groups excluding carboxylic acids is 2. The van der Waals surface area contributed by atoms with Gasteiger partial charge in [-0.3, -0.25) is 15.0 Å². The summed E-state index contributed by atoms with van der Waals surface area (Å²) < 4.78 is 0. The van der Waals surface area contributed by atoms with Gasteiger partial charge in [0.1, 0.15) is 0 Å². The van der Waals surface area contributed by atoms with Gasteiger partial charge in [-0.15, -0.1) is 0 Å². The second-order valence-electron chi connectivity index (χ2n) is 4.79. The van der Waals surface area contributed by atoms with Gasteiger partial charge >= 0.3 is 6.03 Å². The fraction of sp³-hybridized carbons (Fsp3) is 0.818. The van der Waals surface area contributed by atoms with Crippen molar-refractivity contribution >= 4 is 11.9 Å². The number of likely N-dealkylation sites (N-methyl/N-ethyl adjacent to an activating group) is 1. The molecule has 0 saturated carbocycles. The molecular weight excluding hydrogens is 222 g/mol. The summed E-state index contributed by atoms with van der Waals surface area (Å²) in [6.45, 7) is 6.23. The van der Waals surface area contributed by atoms with Crippen LogP contribution in [0.4, 0.5) is 4.79 Å². The highest BCUT2D eigenvalue weighted by atomic mass is 16.3. The smallest absolute Gasteiger partial charge is 0.321 e. The summed E-state index contributed by atoms with van der Waals surface area (Å²) in [6, 6.07) is -0.478. The van der Waals surface area contributed by atoms with E-state index in [0.717, 1.165) is 6.42 Å². The van der Waals surface area contributed by atoms with Crippen molar-refractivity contribution in [1.29, 1.82) is 0 Å². The van der Waals surface area contributed by atoms with Crippen LogP contribution in [0.25, 0.3) is 0 Å². The fourth-order valence-electron chi connectivity index (χ4n) is 1.41. The molecule has 3 amide bonds. The SMILES string of the molecule is CCCNC(=O)NC(=O)CN(C)CC(C)(C)O. The van der Waals surface area contributed by atoms with E-state index in [2.05, 4.69) is 10.6 Å². The first kappa shape index (κ1) is 15.9. The molecule has 0 aromatic heterocycles. The maximum absolute atomic E-state index is 11.4. The van der Waals surface area contributed by atoms with Gasteiger partial charge in [0.2, 0.25) is 5.91 Å². The van der Waals surface area contributed by atoms with Crippen molar-refractivity contribution in [3.05, 3.63) is 0 Å². The maximum atomic E-state index is 11.4. The monoisotopic (exact) mass is 245 g/mol. The molecule has 0 atom stereocenters. The molecule has 0 aliphatic heterocycles. The minimum Gasteiger partial charge on any atom is -0.389 e. The molecule has 0 aliphatic rings. The van der Waals surface area contributed by atoms with Crippen LogP contribution in [0.1, 0.15) is 27.2 Å². The molecule has 100 valence electrons. The maximum Gasteiger partial charge on any atom is 0.321 e. The number of nitrogens with zero attached hydrogens (tertiary/aromatic N) is 1. The first-order valence-electron chi connectivity index (χ1n) is 5.73.